The monoisotopic (exact) mass is 270 g/mol. The van der Waals surface area contributed by atoms with Gasteiger partial charge in [-0.25, -0.2) is 0 Å². The predicted molar refractivity (Wildman–Crippen MR) is 77.5 cm³/mol. The lowest BCUT2D eigenvalue weighted by atomic mass is 10.2. The van der Waals surface area contributed by atoms with Crippen molar-refractivity contribution < 1.29 is 4.79 Å². The molecule has 1 aromatic heterocycles. The van der Waals surface area contributed by atoms with Gasteiger partial charge in [0.2, 0.25) is 0 Å². The third kappa shape index (κ3) is 3.01. The molecule has 96 valence electrons. The Hall–Kier alpha value is -2.12. The number of carbonyl (C=O) groups is 1. The van der Waals surface area contributed by atoms with E-state index in [1.54, 1.807) is 24.3 Å². The standard InChI is InChI=1S/C15H14N2OS/c1-3-13-10(2)7-14(19-13)15(18)17-12-6-4-5-11(8-12)9-16/h4-8H,3H2,1-2H3,(H,17,18). The third-order valence-electron chi connectivity index (χ3n) is 2.82. The van der Waals surface area contributed by atoms with Crippen molar-refractivity contribution in [1.82, 2.24) is 0 Å². The topological polar surface area (TPSA) is 52.9 Å². The summed E-state index contributed by atoms with van der Waals surface area (Å²) in [5.74, 6) is -0.122. The number of aryl methyl sites for hydroxylation is 2. The van der Waals surface area contributed by atoms with Crippen molar-refractivity contribution in [2.75, 3.05) is 5.32 Å². The minimum absolute atomic E-state index is 0.122. The van der Waals surface area contributed by atoms with Gasteiger partial charge in [-0.2, -0.15) is 5.26 Å². The lowest BCUT2D eigenvalue weighted by molar-refractivity contribution is 0.103. The molecule has 2 rings (SSSR count). The summed E-state index contributed by atoms with van der Waals surface area (Å²) in [4.78, 5) is 14.0. The largest absolute Gasteiger partial charge is 0.321 e. The summed E-state index contributed by atoms with van der Waals surface area (Å²) in [6.07, 6.45) is 0.938. The number of thiophene rings is 1. The fourth-order valence-corrected chi connectivity index (χ4v) is 2.85. The van der Waals surface area contributed by atoms with E-state index >= 15 is 0 Å². The molecule has 0 aliphatic carbocycles. The van der Waals surface area contributed by atoms with Crippen molar-refractivity contribution in [2.24, 2.45) is 0 Å². The van der Waals surface area contributed by atoms with E-state index in [0.29, 0.717) is 16.1 Å². The summed E-state index contributed by atoms with van der Waals surface area (Å²) in [6.45, 7) is 4.10. The van der Waals surface area contributed by atoms with Gasteiger partial charge in [0.15, 0.2) is 0 Å². The van der Waals surface area contributed by atoms with Crippen LogP contribution in [-0.4, -0.2) is 5.91 Å². The summed E-state index contributed by atoms with van der Waals surface area (Å²) >= 11 is 1.52. The maximum atomic E-state index is 12.1. The van der Waals surface area contributed by atoms with Gasteiger partial charge in [-0.3, -0.25) is 4.79 Å². The van der Waals surface area contributed by atoms with Crippen LogP contribution in [0.3, 0.4) is 0 Å². The van der Waals surface area contributed by atoms with Gasteiger partial charge in [0.05, 0.1) is 16.5 Å². The van der Waals surface area contributed by atoms with Crippen molar-refractivity contribution in [2.45, 2.75) is 20.3 Å². The van der Waals surface area contributed by atoms with E-state index in [-0.39, 0.29) is 5.91 Å². The van der Waals surface area contributed by atoms with E-state index in [1.807, 2.05) is 13.0 Å². The zero-order chi connectivity index (χ0) is 13.8. The highest BCUT2D eigenvalue weighted by molar-refractivity contribution is 7.14. The van der Waals surface area contributed by atoms with E-state index in [0.717, 1.165) is 12.0 Å². The second-order valence-electron chi connectivity index (χ2n) is 4.22. The Morgan fingerprint density at radius 3 is 2.84 bits per heavy atom. The molecular weight excluding hydrogens is 256 g/mol. The highest BCUT2D eigenvalue weighted by Crippen LogP contribution is 2.23. The van der Waals surface area contributed by atoms with Crippen LogP contribution in [0.15, 0.2) is 30.3 Å². The SMILES string of the molecule is CCc1sc(C(=O)Nc2cccc(C#N)c2)cc1C. The molecule has 19 heavy (non-hydrogen) atoms. The summed E-state index contributed by atoms with van der Waals surface area (Å²) in [5, 5.41) is 11.6. The Balaban J connectivity index is 2.18. The molecule has 0 saturated carbocycles. The second-order valence-corrected chi connectivity index (χ2v) is 5.35. The quantitative estimate of drug-likeness (QED) is 0.923. The molecule has 1 heterocycles. The molecule has 0 bridgehead atoms. The molecule has 0 radical (unpaired) electrons. The summed E-state index contributed by atoms with van der Waals surface area (Å²) in [5.41, 5.74) is 2.34. The zero-order valence-electron chi connectivity index (χ0n) is 10.9. The van der Waals surface area contributed by atoms with Gasteiger partial charge in [-0.15, -0.1) is 11.3 Å². The number of nitriles is 1. The van der Waals surface area contributed by atoms with Crippen LogP contribution in [0.4, 0.5) is 5.69 Å². The van der Waals surface area contributed by atoms with Crippen molar-refractivity contribution >= 4 is 22.9 Å². The Morgan fingerprint density at radius 2 is 2.21 bits per heavy atom. The van der Waals surface area contributed by atoms with Gasteiger partial charge in [0.25, 0.3) is 5.91 Å². The van der Waals surface area contributed by atoms with Gasteiger partial charge < -0.3 is 5.32 Å². The van der Waals surface area contributed by atoms with Crippen molar-refractivity contribution in [3.8, 4) is 6.07 Å². The molecular formula is C15H14N2OS. The summed E-state index contributed by atoms with van der Waals surface area (Å²) in [6, 6.07) is 10.9. The molecule has 0 spiro atoms. The Labute approximate surface area is 116 Å². The van der Waals surface area contributed by atoms with E-state index < -0.39 is 0 Å². The summed E-state index contributed by atoms with van der Waals surface area (Å²) < 4.78 is 0. The van der Waals surface area contributed by atoms with E-state index in [9.17, 15) is 4.79 Å². The third-order valence-corrected chi connectivity index (χ3v) is 4.20. The average molecular weight is 270 g/mol. The lowest BCUT2D eigenvalue weighted by Crippen LogP contribution is -2.10. The fraction of sp³-hybridized carbons (Fsp3) is 0.200. The number of hydrogen-bond acceptors (Lipinski definition) is 3. The Bertz CT molecular complexity index is 652. The maximum absolute atomic E-state index is 12.1. The van der Waals surface area contributed by atoms with Crippen LogP contribution >= 0.6 is 11.3 Å². The van der Waals surface area contributed by atoms with Crippen molar-refractivity contribution in [3.63, 3.8) is 0 Å². The number of amides is 1. The molecule has 4 heteroatoms. The van der Waals surface area contributed by atoms with Gasteiger partial charge in [-0.1, -0.05) is 13.0 Å². The van der Waals surface area contributed by atoms with Gasteiger partial charge in [0, 0.05) is 10.6 Å². The van der Waals surface area contributed by atoms with E-state index in [1.165, 1.54) is 16.2 Å². The first kappa shape index (κ1) is 13.3. The normalized spacial score (nSPS) is 9.95. The van der Waals surface area contributed by atoms with Crippen molar-refractivity contribution in [1.29, 1.82) is 5.26 Å². The number of carbonyl (C=O) groups excluding carboxylic acids is 1. The zero-order valence-corrected chi connectivity index (χ0v) is 11.7. The maximum Gasteiger partial charge on any atom is 0.265 e. The van der Waals surface area contributed by atoms with Crippen LogP contribution in [0.5, 0.6) is 0 Å². The number of hydrogen-bond donors (Lipinski definition) is 1. The van der Waals surface area contributed by atoms with Gasteiger partial charge in [0.1, 0.15) is 0 Å². The van der Waals surface area contributed by atoms with Crippen molar-refractivity contribution in [3.05, 3.63) is 51.2 Å². The highest BCUT2D eigenvalue weighted by atomic mass is 32.1. The van der Waals surface area contributed by atoms with E-state index in [2.05, 4.69) is 18.3 Å². The first-order chi connectivity index (χ1) is 9.13. The molecule has 1 amide bonds. The average Bonchev–Trinajstić information content (AvgIpc) is 2.80. The van der Waals surface area contributed by atoms with Crippen LogP contribution in [0.1, 0.15) is 32.6 Å². The molecule has 0 unspecified atom stereocenters. The lowest BCUT2D eigenvalue weighted by Gasteiger charge is -2.03. The second kappa shape index (κ2) is 5.68. The Morgan fingerprint density at radius 1 is 1.42 bits per heavy atom. The fourth-order valence-electron chi connectivity index (χ4n) is 1.84. The van der Waals surface area contributed by atoms with E-state index in [4.69, 9.17) is 5.26 Å². The molecule has 0 saturated heterocycles. The molecule has 0 fully saturated rings. The molecule has 0 aliphatic rings. The molecule has 1 aromatic carbocycles. The molecule has 0 aliphatic heterocycles. The van der Waals surface area contributed by atoms with Gasteiger partial charge in [-0.05, 0) is 43.2 Å². The number of benzene rings is 1. The smallest absolute Gasteiger partial charge is 0.265 e. The number of nitrogens with zero attached hydrogens (tertiary/aromatic N) is 1. The van der Waals surface area contributed by atoms with Gasteiger partial charge >= 0.3 is 0 Å². The molecule has 1 N–H and O–H groups in total. The predicted octanol–water partition coefficient (Wildman–Crippen LogP) is 3.74. The van der Waals surface area contributed by atoms with Crippen LogP contribution in [0.2, 0.25) is 0 Å². The first-order valence-corrected chi connectivity index (χ1v) is 6.86. The number of nitrogens with one attached hydrogen (secondary N) is 1. The van der Waals surface area contributed by atoms with Crippen LogP contribution in [-0.2, 0) is 6.42 Å². The van der Waals surface area contributed by atoms with Crippen LogP contribution in [0.25, 0.3) is 0 Å². The molecule has 3 nitrogen and oxygen atoms in total. The number of anilines is 1. The first-order valence-electron chi connectivity index (χ1n) is 6.05. The number of rotatable bonds is 3. The summed E-state index contributed by atoms with van der Waals surface area (Å²) in [7, 11) is 0. The minimum Gasteiger partial charge on any atom is -0.321 e. The molecule has 0 atom stereocenters. The highest BCUT2D eigenvalue weighted by Gasteiger charge is 2.11. The molecule has 2 aromatic rings. The minimum atomic E-state index is -0.122. The van der Waals surface area contributed by atoms with Crippen LogP contribution in [0, 0.1) is 18.3 Å². The Kier molecular flexibility index (Phi) is 3.98. The van der Waals surface area contributed by atoms with Crippen LogP contribution < -0.4 is 5.32 Å².